The Morgan fingerprint density at radius 2 is 2.21 bits per heavy atom. The molecule has 2 heterocycles. The molecule has 0 fully saturated rings. The van der Waals surface area contributed by atoms with Gasteiger partial charge >= 0.3 is 5.97 Å². The summed E-state index contributed by atoms with van der Waals surface area (Å²) in [5.74, 6) is 0.166. The summed E-state index contributed by atoms with van der Waals surface area (Å²) in [5, 5.41) is 3.95. The molecular weight excluding hydrogens is 408 g/mol. The number of esters is 1. The molecule has 1 amide bonds. The van der Waals surface area contributed by atoms with E-state index in [-0.39, 0.29) is 17.6 Å². The molecule has 0 radical (unpaired) electrons. The smallest absolute Gasteiger partial charge is 0.341 e. The molecule has 152 valence electrons. The molecule has 1 aliphatic carbocycles. The zero-order valence-electron chi connectivity index (χ0n) is 16.3. The van der Waals surface area contributed by atoms with Crippen molar-refractivity contribution in [3.8, 4) is 0 Å². The van der Waals surface area contributed by atoms with Gasteiger partial charge in [-0.25, -0.2) is 9.78 Å². The Labute approximate surface area is 177 Å². The third-order valence-corrected chi connectivity index (χ3v) is 6.84. The van der Waals surface area contributed by atoms with E-state index in [1.165, 1.54) is 28.0 Å². The first-order valence-corrected chi connectivity index (χ1v) is 11.4. The van der Waals surface area contributed by atoms with Crippen LogP contribution >= 0.6 is 23.1 Å². The number of carbonyl (C=O) groups is 2. The first kappa shape index (κ1) is 20.0. The van der Waals surface area contributed by atoms with E-state index in [1.807, 2.05) is 24.3 Å². The van der Waals surface area contributed by atoms with Crippen LogP contribution in [0.2, 0.25) is 0 Å². The van der Waals surface area contributed by atoms with Crippen LogP contribution in [0.4, 0.5) is 5.00 Å². The fraction of sp³-hybridized carbons (Fsp3) is 0.381. The summed E-state index contributed by atoms with van der Waals surface area (Å²) in [6.07, 6.45) is 2.81. The number of ether oxygens (including phenoxy) is 1. The molecule has 0 saturated heterocycles. The van der Waals surface area contributed by atoms with Crippen molar-refractivity contribution in [2.45, 2.75) is 38.3 Å². The van der Waals surface area contributed by atoms with Crippen molar-refractivity contribution in [2.75, 3.05) is 17.7 Å². The summed E-state index contributed by atoms with van der Waals surface area (Å²) in [6, 6.07) is 7.48. The van der Waals surface area contributed by atoms with E-state index < -0.39 is 0 Å². The second-order valence-corrected chi connectivity index (χ2v) is 9.09. The lowest BCUT2D eigenvalue weighted by atomic mass is 9.88. The van der Waals surface area contributed by atoms with Crippen molar-refractivity contribution in [2.24, 2.45) is 5.92 Å². The maximum absolute atomic E-state index is 12.6. The Balaban J connectivity index is 1.48. The number of thioether (sulfide) groups is 1. The van der Waals surface area contributed by atoms with Crippen molar-refractivity contribution in [1.29, 1.82) is 0 Å². The minimum absolute atomic E-state index is 0.147. The average Bonchev–Trinajstić information content (AvgIpc) is 3.26. The summed E-state index contributed by atoms with van der Waals surface area (Å²) < 4.78 is 10.9. The van der Waals surface area contributed by atoms with Crippen LogP contribution in [0.1, 0.15) is 41.1 Å². The van der Waals surface area contributed by atoms with Crippen LogP contribution in [0.25, 0.3) is 11.1 Å². The van der Waals surface area contributed by atoms with Crippen LogP contribution in [0.3, 0.4) is 0 Å². The molecule has 8 heteroatoms. The largest absolute Gasteiger partial charge is 0.462 e. The second kappa shape index (κ2) is 8.59. The molecule has 6 nitrogen and oxygen atoms in total. The minimum Gasteiger partial charge on any atom is -0.462 e. The number of aromatic nitrogens is 1. The van der Waals surface area contributed by atoms with E-state index in [0.717, 1.165) is 30.3 Å². The summed E-state index contributed by atoms with van der Waals surface area (Å²) in [6.45, 7) is 4.30. The molecule has 1 aromatic carbocycles. The molecule has 4 rings (SSSR count). The standard InChI is InChI=1S/C21H22N2O4S2/c1-3-26-20(25)18-13-9-8-12(2)10-16(13)29-19(18)23-17(24)11-28-21-22-14-6-4-5-7-15(14)27-21/h4-7,12H,3,8-11H2,1-2H3,(H,23,24). The number of anilines is 1. The van der Waals surface area contributed by atoms with Crippen molar-refractivity contribution in [3.05, 3.63) is 40.3 Å². The maximum atomic E-state index is 12.6. The SMILES string of the molecule is CCOC(=O)c1c(NC(=O)CSc2nc3ccccc3o2)sc2c1CCC(C)C2. The second-order valence-electron chi connectivity index (χ2n) is 7.06. The first-order valence-electron chi connectivity index (χ1n) is 9.65. The molecule has 1 aliphatic rings. The molecule has 0 aliphatic heterocycles. The Kier molecular flexibility index (Phi) is 5.91. The van der Waals surface area contributed by atoms with Crippen LogP contribution in [0.15, 0.2) is 33.9 Å². The lowest BCUT2D eigenvalue weighted by Crippen LogP contribution is -2.17. The van der Waals surface area contributed by atoms with E-state index in [9.17, 15) is 9.59 Å². The molecule has 0 spiro atoms. The molecule has 0 saturated carbocycles. The summed E-state index contributed by atoms with van der Waals surface area (Å²) in [5.41, 5.74) is 3.02. The van der Waals surface area contributed by atoms with Gasteiger partial charge < -0.3 is 14.5 Å². The molecule has 1 atom stereocenters. The van der Waals surface area contributed by atoms with Crippen LogP contribution < -0.4 is 5.32 Å². The van der Waals surface area contributed by atoms with Crippen LogP contribution in [0, 0.1) is 5.92 Å². The monoisotopic (exact) mass is 430 g/mol. The first-order chi connectivity index (χ1) is 14.0. The number of rotatable bonds is 6. The fourth-order valence-corrected chi connectivity index (χ4v) is 5.51. The number of amides is 1. The topological polar surface area (TPSA) is 81.4 Å². The molecule has 0 bridgehead atoms. The highest BCUT2D eigenvalue weighted by Gasteiger charge is 2.29. The number of thiophene rings is 1. The number of oxazole rings is 1. The number of carbonyl (C=O) groups excluding carboxylic acids is 2. The number of para-hydroxylation sites is 2. The van der Waals surface area contributed by atoms with Gasteiger partial charge in [0.25, 0.3) is 5.22 Å². The van der Waals surface area contributed by atoms with Gasteiger partial charge in [0, 0.05) is 4.88 Å². The predicted molar refractivity (Wildman–Crippen MR) is 115 cm³/mol. The van der Waals surface area contributed by atoms with Crippen molar-refractivity contribution < 1.29 is 18.7 Å². The number of hydrogen-bond donors (Lipinski definition) is 1. The highest BCUT2D eigenvalue weighted by atomic mass is 32.2. The van der Waals surface area contributed by atoms with E-state index >= 15 is 0 Å². The van der Waals surface area contributed by atoms with Gasteiger partial charge in [-0.15, -0.1) is 11.3 Å². The van der Waals surface area contributed by atoms with Crippen molar-refractivity contribution in [1.82, 2.24) is 4.98 Å². The molecule has 2 aromatic heterocycles. The number of nitrogens with one attached hydrogen (secondary N) is 1. The predicted octanol–water partition coefficient (Wildman–Crippen LogP) is 4.92. The molecule has 29 heavy (non-hydrogen) atoms. The zero-order chi connectivity index (χ0) is 20.4. The number of fused-ring (bicyclic) bond motifs is 2. The van der Waals surface area contributed by atoms with E-state index in [1.54, 1.807) is 6.92 Å². The maximum Gasteiger partial charge on any atom is 0.341 e. The summed E-state index contributed by atoms with van der Waals surface area (Å²) in [7, 11) is 0. The number of benzene rings is 1. The molecule has 1 N–H and O–H groups in total. The van der Waals surface area contributed by atoms with Gasteiger partial charge in [-0.2, -0.15) is 0 Å². The lowest BCUT2D eigenvalue weighted by Gasteiger charge is -2.18. The van der Waals surface area contributed by atoms with Gasteiger partial charge in [0.15, 0.2) is 5.58 Å². The zero-order valence-corrected chi connectivity index (χ0v) is 18.0. The Morgan fingerprint density at radius 1 is 1.38 bits per heavy atom. The molecule has 3 aromatic rings. The van der Waals surface area contributed by atoms with Crippen LogP contribution in [-0.4, -0.2) is 29.2 Å². The summed E-state index contributed by atoms with van der Waals surface area (Å²) >= 11 is 2.72. The third kappa shape index (κ3) is 4.33. The van der Waals surface area contributed by atoms with Gasteiger partial charge in [-0.1, -0.05) is 30.8 Å². The number of hydrogen-bond acceptors (Lipinski definition) is 7. The fourth-order valence-electron chi connectivity index (χ4n) is 3.46. The van der Waals surface area contributed by atoms with Gasteiger partial charge in [0.05, 0.1) is 17.9 Å². The van der Waals surface area contributed by atoms with E-state index in [0.29, 0.717) is 33.9 Å². The van der Waals surface area contributed by atoms with Crippen LogP contribution in [-0.2, 0) is 22.4 Å². The van der Waals surface area contributed by atoms with E-state index in [4.69, 9.17) is 9.15 Å². The van der Waals surface area contributed by atoms with Crippen LogP contribution in [0.5, 0.6) is 0 Å². The van der Waals surface area contributed by atoms with E-state index in [2.05, 4.69) is 17.2 Å². The summed E-state index contributed by atoms with van der Waals surface area (Å²) in [4.78, 5) is 30.6. The lowest BCUT2D eigenvalue weighted by molar-refractivity contribution is -0.113. The van der Waals surface area contributed by atoms with Crippen molar-refractivity contribution >= 4 is 51.1 Å². The Bertz CT molecular complexity index is 1020. The van der Waals surface area contributed by atoms with Gasteiger partial charge in [-0.3, -0.25) is 4.79 Å². The third-order valence-electron chi connectivity index (χ3n) is 4.85. The number of nitrogens with zero attached hydrogens (tertiary/aromatic N) is 1. The molecular formula is C21H22N2O4S2. The van der Waals surface area contributed by atoms with Gasteiger partial charge in [-0.05, 0) is 49.8 Å². The molecule has 1 unspecified atom stereocenters. The van der Waals surface area contributed by atoms with Crippen molar-refractivity contribution in [3.63, 3.8) is 0 Å². The van der Waals surface area contributed by atoms with Gasteiger partial charge in [0.2, 0.25) is 5.91 Å². The quantitative estimate of drug-likeness (QED) is 0.441. The minimum atomic E-state index is -0.360. The normalized spacial score (nSPS) is 15.9. The Morgan fingerprint density at radius 3 is 3.00 bits per heavy atom. The highest BCUT2D eigenvalue weighted by Crippen LogP contribution is 2.40. The average molecular weight is 431 g/mol. The Hall–Kier alpha value is -2.32. The highest BCUT2D eigenvalue weighted by molar-refractivity contribution is 7.99. The van der Waals surface area contributed by atoms with Gasteiger partial charge in [0.1, 0.15) is 10.5 Å².